The Morgan fingerprint density at radius 2 is 1.96 bits per heavy atom. The molecule has 0 unspecified atom stereocenters. The van der Waals surface area contributed by atoms with Gasteiger partial charge in [-0.2, -0.15) is 0 Å². The number of ether oxygens (including phenoxy) is 1. The molecular formula is C22H25ClN2O3. The summed E-state index contributed by atoms with van der Waals surface area (Å²) in [5.41, 5.74) is 2.77. The standard InChI is InChI=1S/C22H25ClN2O3/c1-15-6-3-4-9-18(15)19-13-25(14-20(19)21(26)24-10-11-28-2)22(27)16-7-5-8-17(23)12-16/h3-9,12,19-20H,10-11,13-14H2,1-2H3,(H,24,26)/t19-,20-/m1/s1. The quantitative estimate of drug-likeness (QED) is 0.757. The van der Waals surface area contributed by atoms with Crippen molar-refractivity contribution in [3.8, 4) is 0 Å². The van der Waals surface area contributed by atoms with Gasteiger partial charge in [-0.25, -0.2) is 0 Å². The van der Waals surface area contributed by atoms with Crippen molar-refractivity contribution in [2.45, 2.75) is 12.8 Å². The Balaban J connectivity index is 1.84. The number of aryl methyl sites for hydroxylation is 1. The molecule has 1 saturated heterocycles. The minimum Gasteiger partial charge on any atom is -0.383 e. The normalized spacial score (nSPS) is 18.9. The number of rotatable bonds is 6. The number of nitrogens with one attached hydrogen (secondary N) is 1. The first-order valence-corrected chi connectivity index (χ1v) is 9.76. The minimum atomic E-state index is -0.305. The molecule has 0 radical (unpaired) electrons. The van der Waals surface area contributed by atoms with Crippen LogP contribution in [0.25, 0.3) is 0 Å². The minimum absolute atomic E-state index is 0.0492. The van der Waals surface area contributed by atoms with E-state index < -0.39 is 0 Å². The second-order valence-electron chi connectivity index (χ2n) is 7.07. The van der Waals surface area contributed by atoms with E-state index in [9.17, 15) is 9.59 Å². The molecule has 0 saturated carbocycles. The number of carbonyl (C=O) groups excluding carboxylic acids is 2. The first-order chi connectivity index (χ1) is 13.5. The molecule has 5 nitrogen and oxygen atoms in total. The van der Waals surface area contributed by atoms with Crippen molar-refractivity contribution in [1.82, 2.24) is 10.2 Å². The first-order valence-electron chi connectivity index (χ1n) is 9.38. The Bertz CT molecular complexity index is 855. The van der Waals surface area contributed by atoms with Crippen LogP contribution in [-0.2, 0) is 9.53 Å². The number of halogens is 1. The third kappa shape index (κ3) is 4.54. The van der Waals surface area contributed by atoms with Crippen LogP contribution in [0.2, 0.25) is 5.02 Å². The van der Waals surface area contributed by atoms with Gasteiger partial charge in [0.15, 0.2) is 0 Å². The second-order valence-corrected chi connectivity index (χ2v) is 7.51. The van der Waals surface area contributed by atoms with Crippen LogP contribution >= 0.6 is 11.6 Å². The highest BCUT2D eigenvalue weighted by Gasteiger charge is 2.40. The Morgan fingerprint density at radius 3 is 2.68 bits per heavy atom. The molecule has 1 fully saturated rings. The van der Waals surface area contributed by atoms with Crippen molar-refractivity contribution < 1.29 is 14.3 Å². The maximum atomic E-state index is 13.0. The third-order valence-corrected chi connectivity index (χ3v) is 5.44. The number of carbonyl (C=O) groups is 2. The van der Waals surface area contributed by atoms with E-state index in [4.69, 9.17) is 16.3 Å². The van der Waals surface area contributed by atoms with Crippen LogP contribution in [-0.4, -0.2) is 50.1 Å². The molecule has 0 aliphatic carbocycles. The van der Waals surface area contributed by atoms with E-state index in [-0.39, 0.29) is 23.7 Å². The van der Waals surface area contributed by atoms with E-state index in [1.807, 2.05) is 31.2 Å². The van der Waals surface area contributed by atoms with Gasteiger partial charge >= 0.3 is 0 Å². The van der Waals surface area contributed by atoms with Gasteiger partial charge in [-0.05, 0) is 36.2 Å². The van der Waals surface area contributed by atoms with Crippen molar-refractivity contribution in [2.24, 2.45) is 5.92 Å². The molecule has 1 N–H and O–H groups in total. The van der Waals surface area contributed by atoms with Crippen LogP contribution in [0.15, 0.2) is 48.5 Å². The van der Waals surface area contributed by atoms with Gasteiger partial charge < -0.3 is 15.0 Å². The zero-order valence-corrected chi connectivity index (χ0v) is 16.9. The average Bonchev–Trinajstić information content (AvgIpc) is 3.13. The van der Waals surface area contributed by atoms with Crippen molar-refractivity contribution in [1.29, 1.82) is 0 Å². The SMILES string of the molecule is COCCNC(=O)[C@@H]1CN(C(=O)c2cccc(Cl)c2)C[C@@H]1c1ccccc1C. The van der Waals surface area contributed by atoms with Gasteiger partial charge in [0, 0.05) is 43.2 Å². The molecule has 2 aromatic carbocycles. The summed E-state index contributed by atoms with van der Waals surface area (Å²) in [6.07, 6.45) is 0. The zero-order valence-electron chi connectivity index (χ0n) is 16.2. The van der Waals surface area contributed by atoms with E-state index in [2.05, 4.69) is 5.32 Å². The van der Waals surface area contributed by atoms with Crippen molar-refractivity contribution >= 4 is 23.4 Å². The molecule has 0 bridgehead atoms. The predicted molar refractivity (Wildman–Crippen MR) is 110 cm³/mol. The fourth-order valence-electron chi connectivity index (χ4n) is 3.76. The molecule has 2 amide bonds. The maximum absolute atomic E-state index is 13.0. The smallest absolute Gasteiger partial charge is 0.253 e. The maximum Gasteiger partial charge on any atom is 0.253 e. The molecule has 0 spiro atoms. The molecule has 1 aliphatic rings. The molecule has 28 heavy (non-hydrogen) atoms. The van der Waals surface area contributed by atoms with Crippen molar-refractivity contribution in [2.75, 3.05) is 33.4 Å². The summed E-state index contributed by atoms with van der Waals surface area (Å²) in [5, 5.41) is 3.45. The summed E-state index contributed by atoms with van der Waals surface area (Å²) in [7, 11) is 1.60. The first kappa shape index (κ1) is 20.4. The zero-order chi connectivity index (χ0) is 20.1. The van der Waals surface area contributed by atoms with E-state index in [1.54, 1.807) is 36.3 Å². The van der Waals surface area contributed by atoms with E-state index >= 15 is 0 Å². The van der Waals surface area contributed by atoms with Gasteiger partial charge in [0.25, 0.3) is 5.91 Å². The van der Waals surface area contributed by atoms with E-state index in [1.165, 1.54) is 0 Å². The topological polar surface area (TPSA) is 58.6 Å². The summed E-state index contributed by atoms with van der Waals surface area (Å²) in [5.74, 6) is -0.507. The van der Waals surface area contributed by atoms with Crippen molar-refractivity contribution in [3.63, 3.8) is 0 Å². The van der Waals surface area contributed by atoms with Crippen molar-refractivity contribution in [3.05, 3.63) is 70.2 Å². The Kier molecular flexibility index (Phi) is 6.70. The van der Waals surface area contributed by atoms with Crippen LogP contribution in [0.5, 0.6) is 0 Å². The number of nitrogens with zero attached hydrogens (tertiary/aromatic N) is 1. The lowest BCUT2D eigenvalue weighted by molar-refractivity contribution is -0.125. The van der Waals surface area contributed by atoms with Gasteiger partial charge in [-0.3, -0.25) is 9.59 Å². The Labute approximate surface area is 170 Å². The monoisotopic (exact) mass is 400 g/mol. The molecule has 1 aliphatic heterocycles. The number of likely N-dealkylation sites (tertiary alicyclic amines) is 1. The number of benzene rings is 2. The lowest BCUT2D eigenvalue weighted by Crippen LogP contribution is -2.37. The molecule has 0 aromatic heterocycles. The van der Waals surface area contributed by atoms with Crippen LogP contribution in [0.4, 0.5) is 0 Å². The number of amides is 2. The van der Waals surface area contributed by atoms with Gasteiger partial charge in [0.2, 0.25) is 5.91 Å². The molecule has 148 valence electrons. The predicted octanol–water partition coefficient (Wildman–Crippen LogP) is 3.27. The summed E-state index contributed by atoms with van der Waals surface area (Å²) in [4.78, 5) is 27.6. The molecule has 2 aromatic rings. The molecular weight excluding hydrogens is 376 g/mol. The van der Waals surface area contributed by atoms with Gasteiger partial charge in [0.05, 0.1) is 12.5 Å². The highest BCUT2D eigenvalue weighted by atomic mass is 35.5. The van der Waals surface area contributed by atoms with Gasteiger partial charge in [-0.1, -0.05) is 41.9 Å². The summed E-state index contributed by atoms with van der Waals surface area (Å²) < 4.78 is 5.02. The largest absolute Gasteiger partial charge is 0.383 e. The van der Waals surface area contributed by atoms with Crippen LogP contribution in [0.1, 0.15) is 27.4 Å². The Morgan fingerprint density at radius 1 is 1.18 bits per heavy atom. The summed E-state index contributed by atoms with van der Waals surface area (Å²) in [6, 6.07) is 15.0. The lowest BCUT2D eigenvalue weighted by atomic mass is 9.86. The number of hydrogen-bond donors (Lipinski definition) is 1. The second kappa shape index (κ2) is 9.22. The Hall–Kier alpha value is -2.37. The van der Waals surface area contributed by atoms with Crippen LogP contribution in [0.3, 0.4) is 0 Å². The third-order valence-electron chi connectivity index (χ3n) is 5.21. The summed E-state index contributed by atoms with van der Waals surface area (Å²) in [6.45, 7) is 3.83. The molecule has 3 rings (SSSR count). The van der Waals surface area contributed by atoms with E-state index in [0.29, 0.717) is 36.8 Å². The highest BCUT2D eigenvalue weighted by molar-refractivity contribution is 6.30. The molecule has 1 heterocycles. The fraction of sp³-hybridized carbons (Fsp3) is 0.364. The van der Waals surface area contributed by atoms with Crippen LogP contribution < -0.4 is 5.32 Å². The summed E-state index contributed by atoms with van der Waals surface area (Å²) >= 11 is 6.04. The molecule has 2 atom stereocenters. The number of methoxy groups -OCH3 is 1. The number of hydrogen-bond acceptors (Lipinski definition) is 3. The van der Waals surface area contributed by atoms with Gasteiger partial charge in [0.1, 0.15) is 0 Å². The fourth-order valence-corrected chi connectivity index (χ4v) is 3.96. The molecule has 6 heteroatoms. The highest BCUT2D eigenvalue weighted by Crippen LogP contribution is 2.35. The lowest BCUT2D eigenvalue weighted by Gasteiger charge is -2.19. The van der Waals surface area contributed by atoms with E-state index in [0.717, 1.165) is 11.1 Å². The van der Waals surface area contributed by atoms with Crippen LogP contribution in [0, 0.1) is 12.8 Å². The van der Waals surface area contributed by atoms with Gasteiger partial charge in [-0.15, -0.1) is 0 Å². The average molecular weight is 401 g/mol.